The zero-order chi connectivity index (χ0) is 15.9. The molecule has 1 N–H and O–H groups in total. The van der Waals surface area contributed by atoms with Crippen molar-refractivity contribution in [1.82, 2.24) is 19.4 Å². The minimum absolute atomic E-state index is 0.132. The SMILES string of the molecule is Cn1cc(C[C@H]2C(NS(C)(=O)=O)CCN2C(=O)C2CC2)cn1. The molecule has 0 radical (unpaired) electrons. The second kappa shape index (κ2) is 5.66. The molecule has 2 heterocycles. The summed E-state index contributed by atoms with van der Waals surface area (Å²) in [4.78, 5) is 14.3. The average molecular weight is 326 g/mol. The number of carbonyl (C=O) groups is 1. The Kier molecular flexibility index (Phi) is 3.98. The van der Waals surface area contributed by atoms with E-state index in [1.165, 1.54) is 6.26 Å². The normalized spacial score (nSPS) is 25.6. The van der Waals surface area contributed by atoms with Gasteiger partial charge in [0.25, 0.3) is 0 Å². The molecule has 0 aromatic carbocycles. The van der Waals surface area contributed by atoms with Crippen LogP contribution in [-0.2, 0) is 28.3 Å². The van der Waals surface area contributed by atoms with Crippen molar-refractivity contribution in [2.24, 2.45) is 13.0 Å². The topological polar surface area (TPSA) is 84.3 Å². The van der Waals surface area contributed by atoms with E-state index in [0.29, 0.717) is 19.4 Å². The van der Waals surface area contributed by atoms with Gasteiger partial charge in [0.05, 0.1) is 18.5 Å². The van der Waals surface area contributed by atoms with E-state index in [1.807, 2.05) is 18.1 Å². The molecule has 1 aromatic heterocycles. The van der Waals surface area contributed by atoms with E-state index in [1.54, 1.807) is 10.9 Å². The molecule has 1 unspecified atom stereocenters. The maximum atomic E-state index is 12.5. The molecule has 1 saturated heterocycles. The van der Waals surface area contributed by atoms with Gasteiger partial charge in [0.1, 0.15) is 0 Å². The van der Waals surface area contributed by atoms with Crippen LogP contribution in [-0.4, -0.2) is 53.9 Å². The molecule has 122 valence electrons. The van der Waals surface area contributed by atoms with Gasteiger partial charge in [-0.05, 0) is 31.2 Å². The van der Waals surface area contributed by atoms with E-state index in [4.69, 9.17) is 0 Å². The third-order valence-corrected chi connectivity index (χ3v) is 5.06. The first-order valence-electron chi connectivity index (χ1n) is 7.59. The zero-order valence-electron chi connectivity index (χ0n) is 12.9. The number of nitrogens with one attached hydrogen (secondary N) is 1. The summed E-state index contributed by atoms with van der Waals surface area (Å²) in [5.41, 5.74) is 1.02. The number of hydrogen-bond acceptors (Lipinski definition) is 4. The van der Waals surface area contributed by atoms with E-state index in [9.17, 15) is 13.2 Å². The summed E-state index contributed by atoms with van der Waals surface area (Å²) in [6.07, 6.45) is 8.05. The van der Waals surface area contributed by atoms with Crippen molar-refractivity contribution >= 4 is 15.9 Å². The highest BCUT2D eigenvalue weighted by Gasteiger charge is 2.43. The van der Waals surface area contributed by atoms with Crippen LogP contribution in [0.4, 0.5) is 0 Å². The molecule has 1 aliphatic carbocycles. The van der Waals surface area contributed by atoms with Gasteiger partial charge in [0.15, 0.2) is 0 Å². The number of amides is 1. The molecule has 1 aliphatic heterocycles. The first kappa shape index (κ1) is 15.5. The van der Waals surface area contributed by atoms with Gasteiger partial charge in [-0.3, -0.25) is 9.48 Å². The minimum Gasteiger partial charge on any atom is -0.337 e. The molecule has 2 aliphatic rings. The number of rotatable bonds is 5. The van der Waals surface area contributed by atoms with Crippen LogP contribution in [0.2, 0.25) is 0 Å². The van der Waals surface area contributed by atoms with Crippen LogP contribution in [0, 0.1) is 5.92 Å². The Hall–Kier alpha value is -1.41. The molecule has 3 rings (SSSR count). The first-order valence-corrected chi connectivity index (χ1v) is 9.48. The van der Waals surface area contributed by atoms with Crippen LogP contribution in [0.1, 0.15) is 24.8 Å². The fourth-order valence-corrected chi connectivity index (χ4v) is 4.00. The van der Waals surface area contributed by atoms with E-state index in [2.05, 4.69) is 9.82 Å². The van der Waals surface area contributed by atoms with E-state index >= 15 is 0 Å². The third-order valence-electron chi connectivity index (χ3n) is 4.32. The zero-order valence-corrected chi connectivity index (χ0v) is 13.7. The van der Waals surface area contributed by atoms with Gasteiger partial charge in [0, 0.05) is 31.7 Å². The lowest BCUT2D eigenvalue weighted by Crippen LogP contribution is -2.48. The second-order valence-corrected chi connectivity index (χ2v) is 8.16. The summed E-state index contributed by atoms with van der Waals surface area (Å²) in [5, 5.41) is 4.15. The summed E-state index contributed by atoms with van der Waals surface area (Å²) < 4.78 is 27.6. The Morgan fingerprint density at radius 1 is 1.41 bits per heavy atom. The molecular weight excluding hydrogens is 304 g/mol. The Morgan fingerprint density at radius 3 is 2.68 bits per heavy atom. The summed E-state index contributed by atoms with van der Waals surface area (Å²) in [5.74, 6) is 0.320. The summed E-state index contributed by atoms with van der Waals surface area (Å²) >= 11 is 0. The van der Waals surface area contributed by atoms with Gasteiger partial charge >= 0.3 is 0 Å². The van der Waals surface area contributed by atoms with Crippen molar-refractivity contribution in [1.29, 1.82) is 0 Å². The maximum Gasteiger partial charge on any atom is 0.225 e. The fraction of sp³-hybridized carbons (Fsp3) is 0.714. The Morgan fingerprint density at radius 2 is 2.14 bits per heavy atom. The van der Waals surface area contributed by atoms with Gasteiger partial charge < -0.3 is 4.90 Å². The van der Waals surface area contributed by atoms with Crippen LogP contribution >= 0.6 is 0 Å². The summed E-state index contributed by atoms with van der Waals surface area (Å²) in [7, 11) is -1.45. The van der Waals surface area contributed by atoms with Crippen LogP contribution in [0.3, 0.4) is 0 Å². The van der Waals surface area contributed by atoms with Crippen molar-refractivity contribution in [2.75, 3.05) is 12.8 Å². The van der Waals surface area contributed by atoms with Gasteiger partial charge in [0.2, 0.25) is 15.9 Å². The predicted octanol–water partition coefficient (Wildman–Crippen LogP) is -0.109. The third kappa shape index (κ3) is 3.49. The highest BCUT2D eigenvalue weighted by atomic mass is 32.2. The second-order valence-electron chi connectivity index (χ2n) is 6.38. The molecule has 22 heavy (non-hydrogen) atoms. The van der Waals surface area contributed by atoms with Crippen molar-refractivity contribution in [3.05, 3.63) is 18.0 Å². The number of likely N-dealkylation sites (tertiary alicyclic amines) is 1. The molecule has 2 fully saturated rings. The first-order chi connectivity index (χ1) is 10.3. The Bertz CT molecular complexity index is 665. The minimum atomic E-state index is -3.29. The standard InChI is InChI=1S/C14H22N4O3S/c1-17-9-10(8-15-17)7-13-12(16-22(2,20)21)5-6-18(13)14(19)11-3-4-11/h8-9,11-13,16H,3-7H2,1-2H3/t12?,13-/m0/s1. The molecule has 1 amide bonds. The lowest BCUT2D eigenvalue weighted by atomic mass is 10.0. The lowest BCUT2D eigenvalue weighted by Gasteiger charge is -2.28. The van der Waals surface area contributed by atoms with Gasteiger partial charge in [-0.2, -0.15) is 5.10 Å². The summed E-state index contributed by atoms with van der Waals surface area (Å²) in [6, 6.07) is -0.357. The predicted molar refractivity (Wildman–Crippen MR) is 81.5 cm³/mol. The van der Waals surface area contributed by atoms with Crippen LogP contribution in [0.5, 0.6) is 0 Å². The maximum absolute atomic E-state index is 12.5. The number of aryl methyl sites for hydroxylation is 1. The summed E-state index contributed by atoms with van der Waals surface area (Å²) in [6.45, 7) is 0.619. The molecule has 1 aromatic rings. The van der Waals surface area contributed by atoms with Gasteiger partial charge in [-0.15, -0.1) is 0 Å². The van der Waals surface area contributed by atoms with Gasteiger partial charge in [-0.1, -0.05) is 0 Å². The van der Waals surface area contributed by atoms with Crippen LogP contribution < -0.4 is 4.72 Å². The molecule has 0 bridgehead atoms. The van der Waals surface area contributed by atoms with Crippen molar-refractivity contribution in [3.63, 3.8) is 0 Å². The lowest BCUT2D eigenvalue weighted by molar-refractivity contribution is -0.133. The smallest absolute Gasteiger partial charge is 0.225 e. The molecular formula is C14H22N4O3S. The molecule has 8 heteroatoms. The Labute approximate surface area is 130 Å². The fourth-order valence-electron chi connectivity index (χ4n) is 3.18. The van der Waals surface area contributed by atoms with E-state index in [-0.39, 0.29) is 23.9 Å². The van der Waals surface area contributed by atoms with E-state index in [0.717, 1.165) is 18.4 Å². The number of sulfonamides is 1. The quantitative estimate of drug-likeness (QED) is 0.818. The highest BCUT2D eigenvalue weighted by Crippen LogP contribution is 2.34. The van der Waals surface area contributed by atoms with Crippen molar-refractivity contribution in [2.45, 2.75) is 37.8 Å². The Balaban J connectivity index is 1.79. The van der Waals surface area contributed by atoms with Crippen LogP contribution in [0.15, 0.2) is 12.4 Å². The van der Waals surface area contributed by atoms with Gasteiger partial charge in [-0.25, -0.2) is 13.1 Å². The number of carbonyl (C=O) groups excluding carboxylic acids is 1. The number of nitrogens with zero attached hydrogens (tertiary/aromatic N) is 3. The monoisotopic (exact) mass is 326 g/mol. The van der Waals surface area contributed by atoms with Crippen molar-refractivity contribution < 1.29 is 13.2 Å². The largest absolute Gasteiger partial charge is 0.337 e. The molecule has 7 nitrogen and oxygen atoms in total. The van der Waals surface area contributed by atoms with Crippen LogP contribution in [0.25, 0.3) is 0 Å². The van der Waals surface area contributed by atoms with E-state index < -0.39 is 10.0 Å². The number of aromatic nitrogens is 2. The molecule has 0 spiro atoms. The average Bonchev–Trinajstić information content (AvgIpc) is 3.09. The highest BCUT2D eigenvalue weighted by molar-refractivity contribution is 7.88. The van der Waals surface area contributed by atoms with Crippen molar-refractivity contribution in [3.8, 4) is 0 Å². The molecule has 1 saturated carbocycles. The molecule has 2 atom stereocenters. The number of hydrogen-bond donors (Lipinski definition) is 1.